The van der Waals surface area contributed by atoms with Crippen LogP contribution in [-0.2, 0) is 9.59 Å². The topological polar surface area (TPSA) is 98.7 Å². The van der Waals surface area contributed by atoms with Gasteiger partial charge in [-0.3, -0.25) is 9.59 Å². The van der Waals surface area contributed by atoms with Crippen molar-refractivity contribution in [1.29, 1.82) is 0 Å². The number of benzene rings is 1. The second kappa shape index (κ2) is 6.57. The van der Waals surface area contributed by atoms with Gasteiger partial charge in [-0.2, -0.15) is 0 Å². The van der Waals surface area contributed by atoms with Crippen molar-refractivity contribution in [2.45, 2.75) is 12.5 Å². The highest BCUT2D eigenvalue weighted by Crippen LogP contribution is 2.16. The van der Waals surface area contributed by atoms with Crippen LogP contribution in [0.1, 0.15) is 6.42 Å². The van der Waals surface area contributed by atoms with Gasteiger partial charge in [0.15, 0.2) is 0 Å². The summed E-state index contributed by atoms with van der Waals surface area (Å²) in [6.07, 6.45) is -0.417. The lowest BCUT2D eigenvalue weighted by Gasteiger charge is -2.34. The fraction of sp³-hybridized carbons (Fsp3) is 0.308. The first kappa shape index (κ1) is 15.3. The molecule has 1 aliphatic rings. The van der Waals surface area contributed by atoms with E-state index in [0.717, 1.165) is 4.47 Å². The Morgan fingerprint density at radius 2 is 2.05 bits per heavy atom. The third-order valence-electron chi connectivity index (χ3n) is 3.06. The molecule has 0 aliphatic carbocycles. The number of hydrogen-bond donors (Lipinski definition) is 3. The van der Waals surface area contributed by atoms with Gasteiger partial charge in [0.25, 0.3) is 0 Å². The van der Waals surface area contributed by atoms with Crippen LogP contribution in [-0.4, -0.2) is 47.0 Å². The Balaban J connectivity index is 2.09. The van der Waals surface area contributed by atoms with Crippen LogP contribution in [0.5, 0.6) is 0 Å². The first-order valence-electron chi connectivity index (χ1n) is 6.30. The van der Waals surface area contributed by atoms with Crippen molar-refractivity contribution in [3.63, 3.8) is 0 Å². The molecular formula is C13H14BrN3O4. The Bertz CT molecular complexity index is 561. The van der Waals surface area contributed by atoms with Crippen molar-refractivity contribution in [1.82, 2.24) is 10.2 Å². The van der Waals surface area contributed by atoms with Crippen LogP contribution in [0, 0.1) is 0 Å². The lowest BCUT2D eigenvalue weighted by molar-refractivity contribution is -0.142. The summed E-state index contributed by atoms with van der Waals surface area (Å²) >= 11 is 3.29. The molecule has 1 saturated heterocycles. The number of anilines is 1. The zero-order chi connectivity index (χ0) is 15.4. The molecule has 112 valence electrons. The Hall–Kier alpha value is -2.09. The van der Waals surface area contributed by atoms with Crippen molar-refractivity contribution < 1.29 is 19.5 Å². The van der Waals surface area contributed by atoms with E-state index in [4.69, 9.17) is 5.11 Å². The van der Waals surface area contributed by atoms with E-state index in [1.54, 1.807) is 24.3 Å². The highest BCUT2D eigenvalue weighted by molar-refractivity contribution is 9.10. The molecule has 3 N–H and O–H groups in total. The Labute approximate surface area is 129 Å². The summed E-state index contributed by atoms with van der Waals surface area (Å²) in [7, 11) is 0. The molecule has 7 nitrogen and oxygen atoms in total. The van der Waals surface area contributed by atoms with Crippen molar-refractivity contribution >= 4 is 39.5 Å². The van der Waals surface area contributed by atoms with Gasteiger partial charge < -0.3 is 20.6 Å². The standard InChI is InChI=1S/C13H14BrN3O4/c14-8-1-3-9(4-2-8)16-13(21)17-6-5-15-12(20)10(17)7-11(18)19/h1-4,10H,5-7H2,(H,15,20)(H,16,21)(H,18,19). The number of carbonyl (C=O) groups excluding carboxylic acids is 2. The summed E-state index contributed by atoms with van der Waals surface area (Å²) in [5.74, 6) is -1.58. The number of carbonyl (C=O) groups is 3. The molecule has 1 unspecified atom stereocenters. The molecule has 0 saturated carbocycles. The van der Waals surface area contributed by atoms with E-state index in [0.29, 0.717) is 12.2 Å². The molecule has 0 aromatic heterocycles. The van der Waals surface area contributed by atoms with Gasteiger partial charge in [-0.1, -0.05) is 15.9 Å². The molecule has 0 bridgehead atoms. The fourth-order valence-electron chi connectivity index (χ4n) is 2.05. The van der Waals surface area contributed by atoms with Crippen molar-refractivity contribution in [2.75, 3.05) is 18.4 Å². The van der Waals surface area contributed by atoms with E-state index >= 15 is 0 Å². The molecule has 0 spiro atoms. The first-order chi connectivity index (χ1) is 9.97. The summed E-state index contributed by atoms with van der Waals surface area (Å²) in [6.45, 7) is 0.578. The van der Waals surface area contributed by atoms with Gasteiger partial charge in [0.05, 0.1) is 6.42 Å². The van der Waals surface area contributed by atoms with E-state index in [9.17, 15) is 14.4 Å². The molecule has 3 amide bonds. The smallest absolute Gasteiger partial charge is 0.322 e. The largest absolute Gasteiger partial charge is 0.481 e. The summed E-state index contributed by atoms with van der Waals surface area (Å²) < 4.78 is 0.876. The van der Waals surface area contributed by atoms with Crippen molar-refractivity contribution in [2.24, 2.45) is 0 Å². The molecule has 1 fully saturated rings. The molecule has 1 aromatic rings. The number of hydrogen-bond acceptors (Lipinski definition) is 3. The van der Waals surface area contributed by atoms with Crippen LogP contribution in [0.4, 0.5) is 10.5 Å². The number of amides is 3. The van der Waals surface area contributed by atoms with Gasteiger partial charge in [0.1, 0.15) is 6.04 Å². The molecular weight excluding hydrogens is 342 g/mol. The van der Waals surface area contributed by atoms with E-state index < -0.39 is 30.4 Å². The van der Waals surface area contributed by atoms with Crippen LogP contribution in [0.15, 0.2) is 28.7 Å². The van der Waals surface area contributed by atoms with Gasteiger partial charge >= 0.3 is 12.0 Å². The van der Waals surface area contributed by atoms with Crippen LogP contribution in [0.2, 0.25) is 0 Å². The van der Waals surface area contributed by atoms with Crippen LogP contribution < -0.4 is 10.6 Å². The molecule has 1 atom stereocenters. The van der Waals surface area contributed by atoms with Crippen molar-refractivity contribution in [3.8, 4) is 0 Å². The maximum absolute atomic E-state index is 12.2. The minimum Gasteiger partial charge on any atom is -0.481 e. The predicted octanol–water partition coefficient (Wildman–Crippen LogP) is 1.26. The zero-order valence-corrected chi connectivity index (χ0v) is 12.6. The average Bonchev–Trinajstić information content (AvgIpc) is 2.43. The summed E-state index contributed by atoms with van der Waals surface area (Å²) in [4.78, 5) is 36.0. The molecule has 2 rings (SSSR count). The second-order valence-corrected chi connectivity index (χ2v) is 5.45. The summed E-state index contributed by atoms with van der Waals surface area (Å²) in [5, 5.41) is 14.1. The number of urea groups is 1. The number of aliphatic carboxylic acids is 1. The van der Waals surface area contributed by atoms with Crippen LogP contribution in [0.25, 0.3) is 0 Å². The van der Waals surface area contributed by atoms with Crippen molar-refractivity contribution in [3.05, 3.63) is 28.7 Å². The SMILES string of the molecule is O=C(O)CC1C(=O)NCCN1C(=O)Nc1ccc(Br)cc1. The Morgan fingerprint density at radius 3 is 2.67 bits per heavy atom. The van der Waals surface area contributed by atoms with E-state index in [-0.39, 0.29) is 6.54 Å². The molecule has 1 aromatic carbocycles. The maximum Gasteiger partial charge on any atom is 0.322 e. The third kappa shape index (κ3) is 3.94. The minimum atomic E-state index is -1.13. The first-order valence-corrected chi connectivity index (χ1v) is 7.09. The predicted molar refractivity (Wildman–Crippen MR) is 78.9 cm³/mol. The third-order valence-corrected chi connectivity index (χ3v) is 3.58. The Kier molecular flexibility index (Phi) is 4.79. The summed E-state index contributed by atoms with van der Waals surface area (Å²) in [5.41, 5.74) is 0.572. The quantitative estimate of drug-likeness (QED) is 0.759. The minimum absolute atomic E-state index is 0.270. The average molecular weight is 356 g/mol. The summed E-state index contributed by atoms with van der Waals surface area (Å²) in [6, 6.07) is 5.47. The van der Waals surface area contributed by atoms with Gasteiger partial charge in [-0.05, 0) is 24.3 Å². The van der Waals surface area contributed by atoms with Gasteiger partial charge in [0, 0.05) is 23.2 Å². The zero-order valence-electron chi connectivity index (χ0n) is 11.0. The number of piperazine rings is 1. The van der Waals surface area contributed by atoms with E-state index in [2.05, 4.69) is 26.6 Å². The number of rotatable bonds is 3. The van der Waals surface area contributed by atoms with Crippen LogP contribution in [0.3, 0.4) is 0 Å². The molecule has 0 radical (unpaired) electrons. The fourth-order valence-corrected chi connectivity index (χ4v) is 2.32. The molecule has 1 heterocycles. The van der Waals surface area contributed by atoms with Gasteiger partial charge in [-0.25, -0.2) is 4.79 Å². The van der Waals surface area contributed by atoms with Gasteiger partial charge in [0.2, 0.25) is 5.91 Å². The molecule has 21 heavy (non-hydrogen) atoms. The number of carboxylic acid groups (broad SMARTS) is 1. The number of carboxylic acids is 1. The van der Waals surface area contributed by atoms with E-state index in [1.807, 2.05) is 0 Å². The monoisotopic (exact) mass is 355 g/mol. The number of nitrogens with one attached hydrogen (secondary N) is 2. The van der Waals surface area contributed by atoms with Gasteiger partial charge in [-0.15, -0.1) is 0 Å². The number of nitrogens with zero attached hydrogens (tertiary/aromatic N) is 1. The lowest BCUT2D eigenvalue weighted by atomic mass is 10.1. The number of halogens is 1. The normalized spacial score (nSPS) is 18.0. The highest BCUT2D eigenvalue weighted by atomic mass is 79.9. The lowest BCUT2D eigenvalue weighted by Crippen LogP contribution is -2.58. The van der Waals surface area contributed by atoms with E-state index in [1.165, 1.54) is 4.90 Å². The molecule has 8 heteroatoms. The highest BCUT2D eigenvalue weighted by Gasteiger charge is 2.34. The maximum atomic E-state index is 12.2. The molecule has 1 aliphatic heterocycles. The second-order valence-electron chi connectivity index (χ2n) is 4.54. The Morgan fingerprint density at radius 1 is 1.38 bits per heavy atom. The van der Waals surface area contributed by atoms with Crippen LogP contribution >= 0.6 is 15.9 Å².